The quantitative estimate of drug-likeness (QED) is 0.797. The Morgan fingerprint density at radius 3 is 2.79 bits per heavy atom. The molecule has 0 heterocycles. The van der Waals surface area contributed by atoms with Crippen molar-refractivity contribution in [2.75, 3.05) is 20.3 Å². The average Bonchev–Trinajstić information content (AvgIpc) is 2.37. The topological polar surface area (TPSA) is 99.4 Å². The molecule has 0 aromatic heterocycles. The van der Waals surface area contributed by atoms with Crippen LogP contribution in [-0.4, -0.2) is 39.9 Å². The molecule has 104 valence electrons. The molecular formula is C11H13ClN2O4S. The molecule has 1 aromatic carbocycles. The van der Waals surface area contributed by atoms with E-state index in [0.29, 0.717) is 0 Å². The van der Waals surface area contributed by atoms with Gasteiger partial charge in [-0.2, -0.15) is 5.26 Å². The first-order chi connectivity index (χ1) is 8.90. The van der Waals surface area contributed by atoms with Crippen LogP contribution in [0.1, 0.15) is 5.56 Å². The summed E-state index contributed by atoms with van der Waals surface area (Å²) in [5.41, 5.74) is 0.194. The Morgan fingerprint density at radius 2 is 2.26 bits per heavy atom. The van der Waals surface area contributed by atoms with E-state index in [2.05, 4.69) is 9.46 Å². The minimum atomic E-state index is -3.78. The number of nitriles is 1. The Labute approximate surface area is 116 Å². The summed E-state index contributed by atoms with van der Waals surface area (Å²) in [4.78, 5) is -0.0684. The number of halogens is 1. The van der Waals surface area contributed by atoms with Crippen molar-refractivity contribution in [2.45, 2.75) is 11.0 Å². The Balaban J connectivity index is 2.84. The molecule has 6 nitrogen and oxygen atoms in total. The van der Waals surface area contributed by atoms with Crippen LogP contribution in [0.2, 0.25) is 5.02 Å². The third-order valence-electron chi connectivity index (χ3n) is 2.24. The van der Waals surface area contributed by atoms with Gasteiger partial charge in [0.25, 0.3) is 0 Å². The van der Waals surface area contributed by atoms with Crippen LogP contribution in [0.25, 0.3) is 0 Å². The van der Waals surface area contributed by atoms with Gasteiger partial charge in [0.1, 0.15) is 6.07 Å². The van der Waals surface area contributed by atoms with Crippen LogP contribution < -0.4 is 4.72 Å². The Kier molecular flexibility index (Phi) is 5.72. The largest absolute Gasteiger partial charge is 0.389 e. The predicted octanol–water partition coefficient (Wildman–Crippen LogP) is 0.497. The van der Waals surface area contributed by atoms with Gasteiger partial charge >= 0.3 is 0 Å². The van der Waals surface area contributed by atoms with Gasteiger partial charge in [-0.15, -0.1) is 0 Å². The fourth-order valence-corrected chi connectivity index (χ4v) is 2.68. The Morgan fingerprint density at radius 1 is 1.58 bits per heavy atom. The van der Waals surface area contributed by atoms with Gasteiger partial charge < -0.3 is 9.84 Å². The molecule has 0 fully saturated rings. The summed E-state index contributed by atoms with van der Waals surface area (Å²) in [6, 6.07) is 5.62. The van der Waals surface area contributed by atoms with E-state index in [1.54, 1.807) is 0 Å². The van der Waals surface area contributed by atoms with E-state index in [1.165, 1.54) is 25.3 Å². The molecule has 2 N–H and O–H groups in total. The number of aliphatic hydroxyl groups is 1. The molecule has 0 radical (unpaired) electrons. The smallest absolute Gasteiger partial charge is 0.240 e. The van der Waals surface area contributed by atoms with Crippen LogP contribution >= 0.6 is 11.6 Å². The molecule has 1 rings (SSSR count). The summed E-state index contributed by atoms with van der Waals surface area (Å²) in [6.45, 7) is -0.148. The van der Waals surface area contributed by atoms with Crippen molar-refractivity contribution >= 4 is 21.6 Å². The van der Waals surface area contributed by atoms with E-state index in [1.807, 2.05) is 6.07 Å². The monoisotopic (exact) mass is 304 g/mol. The third kappa shape index (κ3) is 4.45. The lowest BCUT2D eigenvalue weighted by Gasteiger charge is -2.11. The lowest BCUT2D eigenvalue weighted by atomic mass is 10.2. The summed E-state index contributed by atoms with van der Waals surface area (Å²) in [5, 5.41) is 18.1. The van der Waals surface area contributed by atoms with Crippen LogP contribution in [-0.2, 0) is 14.8 Å². The molecule has 1 aromatic rings. The minimum Gasteiger partial charge on any atom is -0.389 e. The third-order valence-corrected chi connectivity index (χ3v) is 3.97. The van der Waals surface area contributed by atoms with E-state index < -0.39 is 16.1 Å². The van der Waals surface area contributed by atoms with Crippen molar-refractivity contribution in [3.8, 4) is 6.07 Å². The fraction of sp³-hybridized carbons (Fsp3) is 0.364. The number of aliphatic hydroxyl groups excluding tert-OH is 1. The fourth-order valence-electron chi connectivity index (χ4n) is 1.29. The van der Waals surface area contributed by atoms with Crippen molar-refractivity contribution in [3.05, 3.63) is 28.8 Å². The zero-order valence-electron chi connectivity index (χ0n) is 10.1. The number of hydrogen-bond acceptors (Lipinski definition) is 5. The molecule has 0 amide bonds. The van der Waals surface area contributed by atoms with Crippen LogP contribution in [0.5, 0.6) is 0 Å². The van der Waals surface area contributed by atoms with Gasteiger partial charge in [0.2, 0.25) is 10.0 Å². The molecule has 19 heavy (non-hydrogen) atoms. The maximum atomic E-state index is 11.9. The highest BCUT2D eigenvalue weighted by Crippen LogP contribution is 2.19. The Bertz CT molecular complexity index is 583. The second kappa shape index (κ2) is 6.84. The van der Waals surface area contributed by atoms with Crippen LogP contribution in [0, 0.1) is 11.3 Å². The standard InChI is InChI=1S/C11H13ClN2O4S/c1-18-7-9(15)6-14-19(16,17)10-3-2-8(5-13)11(12)4-10/h2-4,9,14-15H,6-7H2,1H3. The number of nitrogens with one attached hydrogen (secondary N) is 1. The normalized spacial score (nSPS) is 12.9. The molecule has 0 saturated carbocycles. The highest BCUT2D eigenvalue weighted by molar-refractivity contribution is 7.89. The molecule has 0 aliphatic carbocycles. The van der Waals surface area contributed by atoms with Crippen molar-refractivity contribution < 1.29 is 18.3 Å². The van der Waals surface area contributed by atoms with Gasteiger partial charge in [-0.3, -0.25) is 0 Å². The van der Waals surface area contributed by atoms with E-state index >= 15 is 0 Å². The van der Waals surface area contributed by atoms with Gasteiger partial charge in [-0.25, -0.2) is 13.1 Å². The van der Waals surface area contributed by atoms with Gasteiger partial charge in [0.05, 0.1) is 28.2 Å². The first-order valence-corrected chi connectivity index (χ1v) is 7.13. The summed E-state index contributed by atoms with van der Waals surface area (Å²) in [6.07, 6.45) is -0.936. The highest BCUT2D eigenvalue weighted by Gasteiger charge is 2.17. The second-order valence-electron chi connectivity index (χ2n) is 3.71. The molecule has 1 atom stereocenters. The summed E-state index contributed by atoms with van der Waals surface area (Å²) in [5.74, 6) is 0. The van der Waals surface area contributed by atoms with Gasteiger partial charge in [-0.05, 0) is 18.2 Å². The van der Waals surface area contributed by atoms with Crippen LogP contribution in [0.15, 0.2) is 23.1 Å². The summed E-state index contributed by atoms with van der Waals surface area (Å²) >= 11 is 5.76. The zero-order chi connectivity index (χ0) is 14.5. The van der Waals surface area contributed by atoms with Gasteiger partial charge in [0.15, 0.2) is 0 Å². The van der Waals surface area contributed by atoms with Crippen molar-refractivity contribution in [1.29, 1.82) is 5.26 Å². The molecule has 0 aliphatic rings. The summed E-state index contributed by atoms with van der Waals surface area (Å²) < 4.78 is 30.7. The molecule has 0 bridgehead atoms. The lowest BCUT2D eigenvalue weighted by Crippen LogP contribution is -2.34. The number of nitrogens with zero attached hydrogens (tertiary/aromatic N) is 1. The van der Waals surface area contributed by atoms with E-state index in [-0.39, 0.29) is 28.6 Å². The molecular weight excluding hydrogens is 292 g/mol. The molecule has 1 unspecified atom stereocenters. The van der Waals surface area contributed by atoms with Crippen LogP contribution in [0.4, 0.5) is 0 Å². The molecule has 0 spiro atoms. The van der Waals surface area contributed by atoms with E-state index in [0.717, 1.165) is 0 Å². The maximum absolute atomic E-state index is 11.9. The van der Waals surface area contributed by atoms with Crippen LogP contribution in [0.3, 0.4) is 0 Å². The minimum absolute atomic E-state index is 0.0245. The van der Waals surface area contributed by atoms with Crippen molar-refractivity contribution in [2.24, 2.45) is 0 Å². The van der Waals surface area contributed by atoms with Gasteiger partial charge in [0, 0.05) is 13.7 Å². The SMILES string of the molecule is COCC(O)CNS(=O)(=O)c1ccc(C#N)c(Cl)c1. The number of benzene rings is 1. The number of hydrogen-bond donors (Lipinski definition) is 2. The maximum Gasteiger partial charge on any atom is 0.240 e. The van der Waals surface area contributed by atoms with Gasteiger partial charge in [-0.1, -0.05) is 11.6 Å². The van der Waals surface area contributed by atoms with E-state index in [9.17, 15) is 13.5 Å². The number of sulfonamides is 1. The lowest BCUT2D eigenvalue weighted by molar-refractivity contribution is 0.0679. The number of methoxy groups -OCH3 is 1. The zero-order valence-corrected chi connectivity index (χ0v) is 11.7. The molecule has 0 aliphatic heterocycles. The Hall–Kier alpha value is -1.17. The number of rotatable bonds is 6. The molecule has 8 heteroatoms. The van der Waals surface area contributed by atoms with Crippen molar-refractivity contribution in [3.63, 3.8) is 0 Å². The van der Waals surface area contributed by atoms with E-state index in [4.69, 9.17) is 16.9 Å². The number of ether oxygens (including phenoxy) is 1. The predicted molar refractivity (Wildman–Crippen MR) is 69.2 cm³/mol. The summed E-state index contributed by atoms with van der Waals surface area (Å²) in [7, 11) is -2.38. The first-order valence-electron chi connectivity index (χ1n) is 5.27. The first kappa shape index (κ1) is 15.9. The highest BCUT2D eigenvalue weighted by atomic mass is 35.5. The average molecular weight is 305 g/mol. The van der Waals surface area contributed by atoms with Crippen molar-refractivity contribution in [1.82, 2.24) is 4.72 Å². The second-order valence-corrected chi connectivity index (χ2v) is 5.89. The molecule has 0 saturated heterocycles.